The molecule has 20 heavy (non-hydrogen) atoms. The van der Waals surface area contributed by atoms with E-state index < -0.39 is 10.7 Å². The minimum atomic E-state index is -0.729. The normalized spacial score (nSPS) is 19.2. The quantitative estimate of drug-likeness (QED) is 0.655. The molecule has 1 aromatic carbocycles. The van der Waals surface area contributed by atoms with Gasteiger partial charge in [0.2, 0.25) is 0 Å². The second-order valence-electron chi connectivity index (χ2n) is 4.78. The van der Waals surface area contributed by atoms with Crippen molar-refractivity contribution in [3.05, 3.63) is 28.1 Å². The molecular weight excluding hydrogens is 265 g/mol. The molecule has 0 radical (unpaired) electrons. The van der Waals surface area contributed by atoms with Gasteiger partial charge in [0.05, 0.1) is 18.1 Å². The highest BCUT2D eigenvalue weighted by molar-refractivity contribution is 5.65. The summed E-state index contributed by atoms with van der Waals surface area (Å²) in [6.07, 6.45) is 2.80. The molecule has 1 unspecified atom stereocenters. The average Bonchev–Trinajstić information content (AvgIpc) is 2.68. The van der Waals surface area contributed by atoms with Crippen molar-refractivity contribution in [1.29, 1.82) is 0 Å². The predicted octanol–water partition coefficient (Wildman–Crippen LogP) is 2.30. The van der Waals surface area contributed by atoms with Crippen molar-refractivity contribution in [2.45, 2.75) is 25.3 Å². The Bertz CT molecular complexity index is 488. The summed E-state index contributed by atoms with van der Waals surface area (Å²) < 4.78 is 18.5. The fourth-order valence-corrected chi connectivity index (χ4v) is 2.35. The Labute approximate surface area is 116 Å². The second-order valence-corrected chi connectivity index (χ2v) is 4.78. The number of methoxy groups -OCH3 is 1. The summed E-state index contributed by atoms with van der Waals surface area (Å²) in [5, 5.41) is 17.4. The Balaban J connectivity index is 2.25. The molecule has 7 heteroatoms. The minimum absolute atomic E-state index is 0.00449. The number of nitrogens with zero attached hydrogens (tertiary/aromatic N) is 1. The third-order valence-electron chi connectivity index (χ3n) is 3.40. The molecule has 1 saturated heterocycles. The fourth-order valence-electron chi connectivity index (χ4n) is 2.35. The summed E-state index contributed by atoms with van der Waals surface area (Å²) >= 11 is 0. The SMILES string of the molecule is COc1cc(NC2CCCNCC2)c([N+](=O)[O-])cc1F. The molecule has 0 spiro atoms. The first-order chi connectivity index (χ1) is 9.61. The molecule has 1 aliphatic heterocycles. The van der Waals surface area contributed by atoms with Crippen LogP contribution in [0.3, 0.4) is 0 Å². The second kappa shape index (κ2) is 6.51. The number of hydrogen-bond acceptors (Lipinski definition) is 5. The molecule has 1 aromatic rings. The van der Waals surface area contributed by atoms with Crippen LogP contribution < -0.4 is 15.4 Å². The first kappa shape index (κ1) is 14.5. The zero-order chi connectivity index (χ0) is 14.5. The van der Waals surface area contributed by atoms with Crippen LogP contribution in [-0.4, -0.2) is 31.2 Å². The zero-order valence-electron chi connectivity index (χ0n) is 11.3. The van der Waals surface area contributed by atoms with Gasteiger partial charge in [-0.25, -0.2) is 4.39 Å². The molecule has 0 aliphatic carbocycles. The van der Waals surface area contributed by atoms with Crippen LogP contribution in [0.25, 0.3) is 0 Å². The van der Waals surface area contributed by atoms with Gasteiger partial charge >= 0.3 is 0 Å². The van der Waals surface area contributed by atoms with Crippen LogP contribution in [0.2, 0.25) is 0 Å². The summed E-state index contributed by atoms with van der Waals surface area (Å²) in [4.78, 5) is 10.4. The van der Waals surface area contributed by atoms with Crippen LogP contribution in [0.1, 0.15) is 19.3 Å². The van der Waals surface area contributed by atoms with Gasteiger partial charge in [-0.15, -0.1) is 0 Å². The molecule has 2 N–H and O–H groups in total. The van der Waals surface area contributed by atoms with Crippen molar-refractivity contribution in [2.24, 2.45) is 0 Å². The van der Waals surface area contributed by atoms with Gasteiger partial charge in [-0.05, 0) is 32.4 Å². The highest BCUT2D eigenvalue weighted by Crippen LogP contribution is 2.32. The molecule has 1 atom stereocenters. The van der Waals surface area contributed by atoms with Crippen LogP contribution in [0.4, 0.5) is 15.8 Å². The molecular formula is C13H18FN3O3. The molecule has 2 rings (SSSR count). The molecule has 0 saturated carbocycles. The third-order valence-corrected chi connectivity index (χ3v) is 3.40. The van der Waals surface area contributed by atoms with Gasteiger partial charge in [0.15, 0.2) is 11.6 Å². The average molecular weight is 283 g/mol. The summed E-state index contributed by atoms with van der Waals surface area (Å²) in [5.41, 5.74) is 0.0423. The number of halogens is 1. The van der Waals surface area contributed by atoms with Crippen LogP contribution in [-0.2, 0) is 0 Å². The zero-order valence-corrected chi connectivity index (χ0v) is 11.3. The van der Waals surface area contributed by atoms with E-state index in [4.69, 9.17) is 4.74 Å². The van der Waals surface area contributed by atoms with E-state index in [9.17, 15) is 14.5 Å². The van der Waals surface area contributed by atoms with Crippen molar-refractivity contribution >= 4 is 11.4 Å². The van der Waals surface area contributed by atoms with E-state index in [-0.39, 0.29) is 17.5 Å². The third kappa shape index (κ3) is 3.36. The Hall–Kier alpha value is -1.89. The number of nitrogens with one attached hydrogen (secondary N) is 2. The molecule has 0 amide bonds. The summed E-state index contributed by atoms with van der Waals surface area (Å²) in [5.74, 6) is -0.725. The number of nitro benzene ring substituents is 1. The largest absolute Gasteiger partial charge is 0.494 e. The van der Waals surface area contributed by atoms with Crippen LogP contribution in [0.5, 0.6) is 5.75 Å². The lowest BCUT2D eigenvalue weighted by atomic mass is 10.1. The van der Waals surface area contributed by atoms with E-state index in [1.807, 2.05) is 0 Å². The number of hydrogen-bond donors (Lipinski definition) is 2. The van der Waals surface area contributed by atoms with E-state index in [2.05, 4.69) is 10.6 Å². The van der Waals surface area contributed by atoms with Crippen LogP contribution in [0.15, 0.2) is 12.1 Å². The van der Waals surface area contributed by atoms with E-state index in [0.29, 0.717) is 5.69 Å². The van der Waals surface area contributed by atoms with E-state index in [1.165, 1.54) is 13.2 Å². The number of rotatable bonds is 4. The Kier molecular flexibility index (Phi) is 4.73. The number of benzene rings is 1. The standard InChI is InChI=1S/C13H18FN3O3/c1-20-13-8-11(12(17(18)19)7-10(13)14)16-9-3-2-5-15-6-4-9/h7-9,15-16H,2-6H2,1H3. The van der Waals surface area contributed by atoms with Gasteiger partial charge in [0.1, 0.15) is 5.69 Å². The molecule has 6 nitrogen and oxygen atoms in total. The highest BCUT2D eigenvalue weighted by Gasteiger charge is 2.21. The van der Waals surface area contributed by atoms with Gasteiger partial charge in [-0.2, -0.15) is 0 Å². The predicted molar refractivity (Wildman–Crippen MR) is 73.7 cm³/mol. The summed E-state index contributed by atoms with van der Waals surface area (Å²) in [7, 11) is 1.34. The smallest absolute Gasteiger partial charge is 0.295 e. The van der Waals surface area contributed by atoms with Crippen molar-refractivity contribution in [3.8, 4) is 5.75 Å². The molecule has 0 aromatic heterocycles. The molecule has 1 aliphatic rings. The first-order valence-electron chi connectivity index (χ1n) is 6.61. The van der Waals surface area contributed by atoms with Gasteiger partial charge in [0.25, 0.3) is 5.69 Å². The Morgan fingerprint density at radius 2 is 2.25 bits per heavy atom. The lowest BCUT2D eigenvalue weighted by Crippen LogP contribution is -2.22. The number of ether oxygens (including phenoxy) is 1. The van der Waals surface area contributed by atoms with Crippen molar-refractivity contribution < 1.29 is 14.1 Å². The van der Waals surface area contributed by atoms with E-state index >= 15 is 0 Å². The maximum atomic E-state index is 13.6. The number of nitro groups is 1. The Morgan fingerprint density at radius 3 is 2.95 bits per heavy atom. The van der Waals surface area contributed by atoms with Crippen molar-refractivity contribution in [2.75, 3.05) is 25.5 Å². The van der Waals surface area contributed by atoms with Crippen LogP contribution >= 0.6 is 0 Å². The summed E-state index contributed by atoms with van der Waals surface area (Å²) in [6.45, 7) is 1.82. The van der Waals surface area contributed by atoms with E-state index in [1.54, 1.807) is 0 Å². The summed E-state index contributed by atoms with van der Waals surface area (Å²) in [6, 6.07) is 2.39. The highest BCUT2D eigenvalue weighted by atomic mass is 19.1. The van der Waals surface area contributed by atoms with Gasteiger partial charge in [-0.1, -0.05) is 0 Å². The van der Waals surface area contributed by atoms with Gasteiger partial charge in [0, 0.05) is 12.1 Å². The maximum Gasteiger partial charge on any atom is 0.295 e. The van der Waals surface area contributed by atoms with E-state index in [0.717, 1.165) is 38.4 Å². The lowest BCUT2D eigenvalue weighted by molar-refractivity contribution is -0.384. The van der Waals surface area contributed by atoms with Gasteiger partial charge in [-0.3, -0.25) is 10.1 Å². The molecule has 1 heterocycles. The van der Waals surface area contributed by atoms with Crippen molar-refractivity contribution in [1.82, 2.24) is 5.32 Å². The minimum Gasteiger partial charge on any atom is -0.494 e. The first-order valence-corrected chi connectivity index (χ1v) is 6.61. The fraction of sp³-hybridized carbons (Fsp3) is 0.538. The molecule has 1 fully saturated rings. The van der Waals surface area contributed by atoms with Crippen molar-refractivity contribution in [3.63, 3.8) is 0 Å². The monoisotopic (exact) mass is 283 g/mol. The van der Waals surface area contributed by atoms with Crippen LogP contribution in [0, 0.1) is 15.9 Å². The maximum absolute atomic E-state index is 13.6. The Morgan fingerprint density at radius 1 is 1.45 bits per heavy atom. The molecule has 0 bridgehead atoms. The topological polar surface area (TPSA) is 76.4 Å². The molecule has 110 valence electrons. The number of anilines is 1. The lowest BCUT2D eigenvalue weighted by Gasteiger charge is -2.18. The van der Waals surface area contributed by atoms with Gasteiger partial charge < -0.3 is 15.4 Å².